The van der Waals surface area contributed by atoms with Crippen LogP contribution in [0, 0.1) is 0 Å². The van der Waals surface area contributed by atoms with Gasteiger partial charge in [0, 0.05) is 11.8 Å². The number of nitrogens with zero attached hydrogens (tertiary/aromatic N) is 1. The summed E-state index contributed by atoms with van der Waals surface area (Å²) >= 11 is 6.21. The summed E-state index contributed by atoms with van der Waals surface area (Å²) in [5.74, 6) is -0.333. The second kappa shape index (κ2) is 5.70. The lowest BCUT2D eigenvalue weighted by atomic mass is 9.86. The van der Waals surface area contributed by atoms with Crippen molar-refractivity contribution in [1.82, 2.24) is 4.98 Å². The summed E-state index contributed by atoms with van der Waals surface area (Å²) in [6.45, 7) is 0. The monoisotopic (exact) mass is 299 g/mol. The van der Waals surface area contributed by atoms with E-state index in [1.54, 1.807) is 12.3 Å². The Kier molecular flexibility index (Phi) is 3.76. The molecule has 1 heterocycles. The number of hydrogen-bond acceptors (Lipinski definition) is 3. The van der Waals surface area contributed by atoms with Gasteiger partial charge in [-0.1, -0.05) is 23.7 Å². The number of allylic oxidation sites excluding steroid dienone is 1. The fraction of sp³-hybridized carbons (Fsp3) is 0.176. The van der Waals surface area contributed by atoms with E-state index in [0.29, 0.717) is 10.7 Å². The summed E-state index contributed by atoms with van der Waals surface area (Å²) in [6, 6.07) is 9.47. The number of halogens is 1. The highest BCUT2D eigenvalue weighted by Gasteiger charge is 2.18. The Morgan fingerprint density at radius 3 is 2.90 bits per heavy atom. The molecule has 0 bridgehead atoms. The van der Waals surface area contributed by atoms with Crippen molar-refractivity contribution >= 4 is 23.1 Å². The van der Waals surface area contributed by atoms with E-state index in [0.717, 1.165) is 29.5 Å². The first kappa shape index (κ1) is 13.8. The molecule has 0 radical (unpaired) electrons. The summed E-state index contributed by atoms with van der Waals surface area (Å²) in [5.41, 5.74) is 4.70. The van der Waals surface area contributed by atoms with Crippen molar-refractivity contribution in [2.45, 2.75) is 12.8 Å². The van der Waals surface area contributed by atoms with Crippen LogP contribution in [-0.2, 0) is 11.2 Å². The first-order valence-corrected chi connectivity index (χ1v) is 7.11. The standard InChI is InChI=1S/C17H14ClNO2/c1-21-17(20)12-8-7-11-4-2-5-13(15(11)10-12)14-6-3-9-19-16(14)18/h3,5-10H,2,4H2,1H3. The molecule has 0 unspecified atom stereocenters. The van der Waals surface area contributed by atoms with Crippen LogP contribution in [0.4, 0.5) is 0 Å². The van der Waals surface area contributed by atoms with E-state index in [1.165, 1.54) is 12.7 Å². The van der Waals surface area contributed by atoms with Gasteiger partial charge in [-0.25, -0.2) is 9.78 Å². The van der Waals surface area contributed by atoms with E-state index in [-0.39, 0.29) is 5.97 Å². The van der Waals surface area contributed by atoms with E-state index in [4.69, 9.17) is 16.3 Å². The quantitative estimate of drug-likeness (QED) is 0.623. The van der Waals surface area contributed by atoms with Gasteiger partial charge >= 0.3 is 5.97 Å². The highest BCUT2D eigenvalue weighted by atomic mass is 35.5. The molecule has 3 rings (SSSR count). The average molecular weight is 300 g/mol. The fourth-order valence-corrected chi connectivity index (χ4v) is 2.84. The molecule has 3 nitrogen and oxygen atoms in total. The molecule has 21 heavy (non-hydrogen) atoms. The number of aromatic nitrogens is 1. The average Bonchev–Trinajstić information content (AvgIpc) is 2.53. The number of methoxy groups -OCH3 is 1. The minimum Gasteiger partial charge on any atom is -0.465 e. The van der Waals surface area contributed by atoms with Crippen molar-refractivity contribution in [2.75, 3.05) is 7.11 Å². The molecule has 4 heteroatoms. The van der Waals surface area contributed by atoms with Crippen LogP contribution in [0.25, 0.3) is 5.57 Å². The van der Waals surface area contributed by atoms with Crippen LogP contribution in [0.2, 0.25) is 5.15 Å². The van der Waals surface area contributed by atoms with Crippen LogP contribution in [0.1, 0.15) is 33.5 Å². The van der Waals surface area contributed by atoms with Crippen molar-refractivity contribution in [3.05, 3.63) is 70.0 Å². The lowest BCUT2D eigenvalue weighted by Gasteiger charge is -2.19. The second-order valence-corrected chi connectivity index (χ2v) is 5.22. The van der Waals surface area contributed by atoms with E-state index < -0.39 is 0 Å². The van der Waals surface area contributed by atoms with Gasteiger partial charge in [0.05, 0.1) is 12.7 Å². The molecule has 0 spiro atoms. The predicted molar refractivity (Wildman–Crippen MR) is 82.4 cm³/mol. The Morgan fingerprint density at radius 2 is 2.14 bits per heavy atom. The molecule has 1 aromatic carbocycles. The number of carbonyl (C=O) groups is 1. The van der Waals surface area contributed by atoms with Gasteiger partial charge in [-0.15, -0.1) is 0 Å². The highest BCUT2D eigenvalue weighted by molar-refractivity contribution is 6.31. The fourth-order valence-electron chi connectivity index (χ4n) is 2.61. The third kappa shape index (κ3) is 2.57. The van der Waals surface area contributed by atoms with Crippen molar-refractivity contribution in [3.63, 3.8) is 0 Å². The Labute approximate surface area is 128 Å². The lowest BCUT2D eigenvalue weighted by molar-refractivity contribution is 0.0600. The Balaban J connectivity index is 2.13. The molecule has 1 aliphatic rings. The van der Waals surface area contributed by atoms with Crippen LogP contribution in [0.5, 0.6) is 0 Å². The normalized spacial score (nSPS) is 13.3. The maximum Gasteiger partial charge on any atom is 0.337 e. The Bertz CT molecular complexity index is 737. The molecule has 1 aromatic heterocycles. The molecule has 0 atom stereocenters. The molecule has 0 amide bonds. The number of ether oxygens (including phenoxy) is 1. The lowest BCUT2D eigenvalue weighted by Crippen LogP contribution is -2.07. The van der Waals surface area contributed by atoms with Gasteiger partial charge in [-0.3, -0.25) is 0 Å². The van der Waals surface area contributed by atoms with Gasteiger partial charge in [-0.05, 0) is 53.8 Å². The first-order chi connectivity index (χ1) is 10.2. The number of hydrogen-bond donors (Lipinski definition) is 0. The largest absolute Gasteiger partial charge is 0.465 e. The number of aryl methyl sites for hydroxylation is 1. The third-order valence-corrected chi connectivity index (χ3v) is 3.93. The van der Waals surface area contributed by atoms with Gasteiger partial charge < -0.3 is 4.74 Å². The van der Waals surface area contributed by atoms with Crippen molar-refractivity contribution in [2.24, 2.45) is 0 Å². The molecule has 0 N–H and O–H groups in total. The molecule has 0 saturated heterocycles. The van der Waals surface area contributed by atoms with Crippen LogP contribution < -0.4 is 0 Å². The number of pyridine rings is 1. The SMILES string of the molecule is COC(=O)c1ccc2c(c1)C(c1cccnc1Cl)=CCC2. The van der Waals surface area contributed by atoms with Gasteiger partial charge in [0.2, 0.25) is 0 Å². The second-order valence-electron chi connectivity index (χ2n) is 4.86. The van der Waals surface area contributed by atoms with Crippen LogP contribution in [-0.4, -0.2) is 18.1 Å². The zero-order chi connectivity index (χ0) is 14.8. The molecule has 0 fully saturated rings. The summed E-state index contributed by atoms with van der Waals surface area (Å²) in [4.78, 5) is 15.9. The Morgan fingerprint density at radius 1 is 1.29 bits per heavy atom. The maximum absolute atomic E-state index is 11.7. The first-order valence-electron chi connectivity index (χ1n) is 6.73. The number of carbonyl (C=O) groups excluding carboxylic acids is 1. The summed E-state index contributed by atoms with van der Waals surface area (Å²) < 4.78 is 4.80. The van der Waals surface area contributed by atoms with Crippen LogP contribution in [0.15, 0.2) is 42.6 Å². The minimum absolute atomic E-state index is 0.333. The van der Waals surface area contributed by atoms with Crippen molar-refractivity contribution in [1.29, 1.82) is 0 Å². The van der Waals surface area contributed by atoms with E-state index >= 15 is 0 Å². The van der Waals surface area contributed by atoms with E-state index in [2.05, 4.69) is 11.1 Å². The van der Waals surface area contributed by atoms with Gasteiger partial charge in [0.15, 0.2) is 0 Å². The molecular formula is C17H14ClNO2. The van der Waals surface area contributed by atoms with E-state index in [1.807, 2.05) is 24.3 Å². The summed E-state index contributed by atoms with van der Waals surface area (Å²) in [6.07, 6.45) is 5.72. The third-order valence-electron chi connectivity index (χ3n) is 3.63. The number of benzene rings is 1. The van der Waals surface area contributed by atoms with E-state index in [9.17, 15) is 4.79 Å². The van der Waals surface area contributed by atoms with Crippen molar-refractivity contribution in [3.8, 4) is 0 Å². The number of esters is 1. The number of rotatable bonds is 2. The topological polar surface area (TPSA) is 39.2 Å². The molecule has 106 valence electrons. The zero-order valence-corrected chi connectivity index (χ0v) is 12.4. The van der Waals surface area contributed by atoms with Gasteiger partial charge in [0.1, 0.15) is 5.15 Å². The summed E-state index contributed by atoms with van der Waals surface area (Å²) in [7, 11) is 1.39. The minimum atomic E-state index is -0.333. The summed E-state index contributed by atoms with van der Waals surface area (Å²) in [5, 5.41) is 0.472. The molecule has 2 aromatic rings. The smallest absolute Gasteiger partial charge is 0.337 e. The Hall–Kier alpha value is -2.13. The predicted octanol–water partition coefficient (Wildman–Crippen LogP) is 3.90. The van der Waals surface area contributed by atoms with Crippen LogP contribution in [0.3, 0.4) is 0 Å². The molecule has 0 aliphatic heterocycles. The van der Waals surface area contributed by atoms with Crippen LogP contribution >= 0.6 is 11.6 Å². The molecule has 1 aliphatic carbocycles. The van der Waals surface area contributed by atoms with Gasteiger partial charge in [0.25, 0.3) is 0 Å². The van der Waals surface area contributed by atoms with Crippen molar-refractivity contribution < 1.29 is 9.53 Å². The highest BCUT2D eigenvalue weighted by Crippen LogP contribution is 2.34. The maximum atomic E-state index is 11.7. The molecular weight excluding hydrogens is 286 g/mol. The van der Waals surface area contributed by atoms with Gasteiger partial charge in [-0.2, -0.15) is 0 Å². The number of fused-ring (bicyclic) bond motifs is 1. The zero-order valence-electron chi connectivity index (χ0n) is 11.6. The molecule has 0 saturated carbocycles.